The second-order valence-electron chi connectivity index (χ2n) is 10.4. The van der Waals surface area contributed by atoms with Gasteiger partial charge in [0.15, 0.2) is 0 Å². The molecule has 0 bridgehead atoms. The van der Waals surface area contributed by atoms with Crippen molar-refractivity contribution in [1.82, 2.24) is 0 Å². The van der Waals surface area contributed by atoms with Crippen molar-refractivity contribution in [3.63, 3.8) is 0 Å². The van der Waals surface area contributed by atoms with Crippen molar-refractivity contribution in [3.8, 4) is 17.2 Å². The van der Waals surface area contributed by atoms with Gasteiger partial charge in [0.2, 0.25) is 0 Å². The van der Waals surface area contributed by atoms with Crippen molar-refractivity contribution in [2.75, 3.05) is 26.4 Å². The van der Waals surface area contributed by atoms with Crippen LogP contribution in [-0.4, -0.2) is 50.6 Å². The molecule has 3 aromatic rings. The molecule has 216 valence electrons. The van der Waals surface area contributed by atoms with Crippen LogP contribution in [0.2, 0.25) is 0 Å². The molecule has 41 heavy (non-hydrogen) atoms. The van der Waals surface area contributed by atoms with Crippen LogP contribution in [0.15, 0.2) is 66.7 Å². The van der Waals surface area contributed by atoms with Crippen molar-refractivity contribution >= 4 is 11.9 Å². The molecule has 0 saturated carbocycles. The highest BCUT2D eigenvalue weighted by molar-refractivity contribution is 5.92. The summed E-state index contributed by atoms with van der Waals surface area (Å²) in [6.45, 7) is 5.36. The zero-order valence-electron chi connectivity index (χ0n) is 23.3. The lowest BCUT2D eigenvalue weighted by Gasteiger charge is -2.11. The SMILES string of the molecule is Cc1cc(OC(=O)c2ccc(COCCCC3CO3)cc2)ccc1OC(=O)c1ccc(OCCCCC2CO2)cc1. The molecule has 2 fully saturated rings. The Kier molecular flexibility index (Phi) is 10.0. The van der Waals surface area contributed by atoms with Crippen molar-refractivity contribution in [3.05, 3.63) is 89.0 Å². The fourth-order valence-corrected chi connectivity index (χ4v) is 4.29. The number of hydrogen-bond acceptors (Lipinski definition) is 8. The normalized spacial score (nSPS) is 17.1. The Balaban J connectivity index is 1.05. The molecule has 0 amide bonds. The fourth-order valence-electron chi connectivity index (χ4n) is 4.29. The molecule has 2 aliphatic rings. The van der Waals surface area contributed by atoms with Gasteiger partial charge >= 0.3 is 11.9 Å². The molecule has 0 aliphatic carbocycles. The number of epoxide rings is 2. The van der Waals surface area contributed by atoms with Crippen LogP contribution in [0.1, 0.15) is 63.9 Å². The van der Waals surface area contributed by atoms with Crippen LogP contribution in [-0.2, 0) is 20.8 Å². The molecular weight excluding hydrogens is 524 g/mol. The van der Waals surface area contributed by atoms with Gasteiger partial charge in [0.25, 0.3) is 0 Å². The van der Waals surface area contributed by atoms with Gasteiger partial charge in [-0.25, -0.2) is 9.59 Å². The van der Waals surface area contributed by atoms with E-state index in [1.807, 2.05) is 12.1 Å². The Morgan fingerprint density at radius 2 is 1.34 bits per heavy atom. The molecular formula is C33H36O8. The van der Waals surface area contributed by atoms with Crippen LogP contribution in [0.25, 0.3) is 0 Å². The first-order valence-electron chi connectivity index (χ1n) is 14.2. The lowest BCUT2D eigenvalue weighted by atomic mass is 10.1. The van der Waals surface area contributed by atoms with E-state index in [1.54, 1.807) is 61.5 Å². The van der Waals surface area contributed by atoms with Gasteiger partial charge in [-0.3, -0.25) is 0 Å². The van der Waals surface area contributed by atoms with Crippen LogP contribution in [0.4, 0.5) is 0 Å². The highest BCUT2D eigenvalue weighted by Gasteiger charge is 2.21. The number of carbonyl (C=O) groups is 2. The molecule has 8 heteroatoms. The number of benzene rings is 3. The molecule has 2 heterocycles. The first-order valence-corrected chi connectivity index (χ1v) is 14.2. The van der Waals surface area contributed by atoms with Gasteiger partial charge < -0.3 is 28.4 Å². The quantitative estimate of drug-likeness (QED) is 0.0901. The summed E-state index contributed by atoms with van der Waals surface area (Å²) < 4.78 is 33.0. The average Bonchev–Trinajstić information content (AvgIpc) is 3.91. The minimum atomic E-state index is -0.477. The predicted molar refractivity (Wildman–Crippen MR) is 152 cm³/mol. The van der Waals surface area contributed by atoms with E-state index in [-0.39, 0.29) is 0 Å². The lowest BCUT2D eigenvalue weighted by molar-refractivity contribution is 0.0718. The summed E-state index contributed by atoms with van der Waals surface area (Å²) in [7, 11) is 0. The van der Waals surface area contributed by atoms with Gasteiger partial charge in [-0.1, -0.05) is 12.1 Å². The Labute approximate surface area is 240 Å². The first-order chi connectivity index (χ1) is 20.0. The predicted octanol–water partition coefficient (Wildman–Crippen LogP) is 6.08. The van der Waals surface area contributed by atoms with Gasteiger partial charge in [0.05, 0.1) is 49.8 Å². The summed E-state index contributed by atoms with van der Waals surface area (Å²) in [5.74, 6) is 0.527. The second kappa shape index (κ2) is 14.3. The molecule has 0 aromatic heterocycles. The average molecular weight is 561 g/mol. The van der Waals surface area contributed by atoms with Gasteiger partial charge in [0.1, 0.15) is 17.2 Å². The maximum atomic E-state index is 12.7. The number of rotatable bonds is 16. The van der Waals surface area contributed by atoms with Gasteiger partial charge in [0, 0.05) is 6.61 Å². The van der Waals surface area contributed by atoms with Crippen molar-refractivity contribution in [2.24, 2.45) is 0 Å². The largest absolute Gasteiger partial charge is 0.494 e. The molecule has 0 radical (unpaired) electrons. The summed E-state index contributed by atoms with van der Waals surface area (Å²) in [6.07, 6.45) is 6.02. The first kappa shape index (κ1) is 28.8. The van der Waals surface area contributed by atoms with E-state index < -0.39 is 11.9 Å². The highest BCUT2D eigenvalue weighted by atomic mass is 16.6. The fraction of sp³-hybridized carbons (Fsp3) is 0.394. The van der Waals surface area contributed by atoms with Crippen molar-refractivity contribution < 1.29 is 38.0 Å². The van der Waals surface area contributed by atoms with Gasteiger partial charge in [-0.05, 0) is 105 Å². The highest BCUT2D eigenvalue weighted by Crippen LogP contribution is 2.26. The van der Waals surface area contributed by atoms with Crippen LogP contribution in [0.5, 0.6) is 17.2 Å². The lowest BCUT2D eigenvalue weighted by Crippen LogP contribution is -2.11. The minimum Gasteiger partial charge on any atom is -0.494 e. The number of unbranched alkanes of at least 4 members (excludes halogenated alkanes) is 1. The molecule has 2 aliphatic heterocycles. The summed E-state index contributed by atoms with van der Waals surface area (Å²) in [5, 5.41) is 0. The van der Waals surface area contributed by atoms with E-state index in [9.17, 15) is 9.59 Å². The number of carbonyl (C=O) groups excluding carboxylic acids is 2. The van der Waals surface area contributed by atoms with Gasteiger partial charge in [-0.15, -0.1) is 0 Å². The summed E-state index contributed by atoms with van der Waals surface area (Å²) >= 11 is 0. The Hall–Kier alpha value is -3.72. The Morgan fingerprint density at radius 1 is 0.732 bits per heavy atom. The number of ether oxygens (including phenoxy) is 6. The molecule has 5 rings (SSSR count). The van der Waals surface area contributed by atoms with E-state index in [1.165, 1.54) is 0 Å². The summed E-state index contributed by atoms with van der Waals surface area (Å²) in [5.41, 5.74) is 2.51. The van der Waals surface area contributed by atoms with Gasteiger partial charge in [-0.2, -0.15) is 0 Å². The number of hydrogen-bond donors (Lipinski definition) is 0. The smallest absolute Gasteiger partial charge is 0.343 e. The molecule has 3 aromatic carbocycles. The van der Waals surface area contributed by atoms with Crippen LogP contribution >= 0.6 is 0 Å². The Bertz CT molecular complexity index is 1290. The zero-order chi connectivity index (χ0) is 28.4. The third-order valence-electron chi connectivity index (χ3n) is 6.92. The number of aryl methyl sites for hydroxylation is 1. The second-order valence-corrected chi connectivity index (χ2v) is 10.4. The topological polar surface area (TPSA) is 96.1 Å². The van der Waals surface area contributed by atoms with E-state index in [0.717, 1.165) is 50.9 Å². The standard InChI is InChI=1S/C33H36O8/c1-23-19-28(40-32(34)25-9-7-24(8-10-25)20-36-17-4-6-30-22-39-30)15-16-31(23)41-33(35)26-11-13-27(14-12-26)37-18-3-2-5-29-21-38-29/h7-16,19,29-30H,2-6,17-18,20-22H2,1H3. The van der Waals surface area contributed by atoms with Crippen LogP contribution in [0, 0.1) is 6.92 Å². The van der Waals surface area contributed by atoms with Crippen molar-refractivity contribution in [2.45, 2.75) is 57.8 Å². The number of esters is 2. The third-order valence-corrected chi connectivity index (χ3v) is 6.92. The zero-order valence-corrected chi connectivity index (χ0v) is 23.3. The summed E-state index contributed by atoms with van der Waals surface area (Å²) in [4.78, 5) is 25.3. The minimum absolute atomic E-state index is 0.366. The Morgan fingerprint density at radius 3 is 2.00 bits per heavy atom. The van der Waals surface area contributed by atoms with E-state index in [4.69, 9.17) is 28.4 Å². The van der Waals surface area contributed by atoms with Crippen LogP contribution < -0.4 is 14.2 Å². The molecule has 8 nitrogen and oxygen atoms in total. The van der Waals surface area contributed by atoms with Crippen LogP contribution in [0.3, 0.4) is 0 Å². The maximum Gasteiger partial charge on any atom is 0.343 e. The molecule has 0 N–H and O–H groups in total. The van der Waals surface area contributed by atoms with E-state index >= 15 is 0 Å². The molecule has 2 atom stereocenters. The third kappa shape index (κ3) is 9.42. The molecule has 2 saturated heterocycles. The van der Waals surface area contributed by atoms with Crippen molar-refractivity contribution in [1.29, 1.82) is 0 Å². The summed E-state index contributed by atoms with van der Waals surface area (Å²) in [6, 6.07) is 19.0. The monoisotopic (exact) mass is 560 g/mol. The molecule has 0 spiro atoms. The molecule has 2 unspecified atom stereocenters. The van der Waals surface area contributed by atoms with E-state index in [2.05, 4.69) is 0 Å². The van der Waals surface area contributed by atoms with E-state index in [0.29, 0.717) is 66.0 Å². The maximum absolute atomic E-state index is 12.7.